The lowest BCUT2D eigenvalue weighted by molar-refractivity contribution is 0.109. The number of rotatable bonds is 2. The van der Waals surface area contributed by atoms with Gasteiger partial charge in [0.05, 0.1) is 12.1 Å². The van der Waals surface area contributed by atoms with Gasteiger partial charge in [0.1, 0.15) is 0 Å². The summed E-state index contributed by atoms with van der Waals surface area (Å²) in [4.78, 5) is 13.5. The Balaban J connectivity index is 1.83. The van der Waals surface area contributed by atoms with Crippen molar-refractivity contribution >= 4 is 6.03 Å². The molecule has 2 aliphatic rings. The summed E-state index contributed by atoms with van der Waals surface area (Å²) >= 11 is 0. The number of nitrogens with one attached hydrogen (secondary N) is 2. The zero-order chi connectivity index (χ0) is 11.5. The fourth-order valence-electron chi connectivity index (χ4n) is 2.54. The molecule has 16 heavy (non-hydrogen) atoms. The molecular formula is C11H21N3O2. The number of β-amino-alcohol motifs (C(OH)–C–C–N with tert-alkyl or cyclic N) is 1. The van der Waals surface area contributed by atoms with E-state index >= 15 is 0 Å². The van der Waals surface area contributed by atoms with Crippen molar-refractivity contribution in [2.24, 2.45) is 0 Å². The number of urea groups is 1. The summed E-state index contributed by atoms with van der Waals surface area (Å²) in [7, 11) is 1.76. The van der Waals surface area contributed by atoms with Crippen molar-refractivity contribution in [1.29, 1.82) is 0 Å². The Hall–Kier alpha value is -0.810. The second-order valence-corrected chi connectivity index (χ2v) is 4.83. The molecule has 2 rings (SSSR count). The van der Waals surface area contributed by atoms with Crippen LogP contribution in [0.5, 0.6) is 0 Å². The van der Waals surface area contributed by atoms with Crippen LogP contribution in [0.15, 0.2) is 0 Å². The summed E-state index contributed by atoms with van der Waals surface area (Å²) in [5.74, 6) is 0. The maximum absolute atomic E-state index is 11.9. The number of aliphatic hydroxyl groups excluding tert-OH is 1. The third-order valence-electron chi connectivity index (χ3n) is 3.65. The smallest absolute Gasteiger partial charge is 0.317 e. The molecule has 1 aliphatic heterocycles. The molecule has 2 atom stereocenters. The molecule has 0 aromatic heterocycles. The van der Waals surface area contributed by atoms with Crippen molar-refractivity contribution in [3.8, 4) is 0 Å². The third kappa shape index (κ3) is 2.47. The minimum absolute atomic E-state index is 0.0559. The first-order valence-electron chi connectivity index (χ1n) is 6.10. The average Bonchev–Trinajstić information content (AvgIpc) is 2.88. The van der Waals surface area contributed by atoms with E-state index in [0.29, 0.717) is 19.1 Å². The van der Waals surface area contributed by atoms with E-state index in [1.54, 1.807) is 11.9 Å². The predicted octanol–water partition coefficient (Wildman–Crippen LogP) is -0.0969. The van der Waals surface area contributed by atoms with E-state index in [4.69, 9.17) is 0 Å². The van der Waals surface area contributed by atoms with Crippen molar-refractivity contribution in [2.45, 2.75) is 43.9 Å². The lowest BCUT2D eigenvalue weighted by Gasteiger charge is -2.28. The maximum Gasteiger partial charge on any atom is 0.317 e. The number of aliphatic hydroxyl groups is 1. The molecule has 1 saturated carbocycles. The van der Waals surface area contributed by atoms with E-state index in [9.17, 15) is 9.90 Å². The molecule has 2 amide bonds. The molecule has 1 saturated heterocycles. The topological polar surface area (TPSA) is 64.6 Å². The van der Waals surface area contributed by atoms with Gasteiger partial charge in [-0.1, -0.05) is 12.8 Å². The van der Waals surface area contributed by atoms with Gasteiger partial charge in [0.2, 0.25) is 0 Å². The lowest BCUT2D eigenvalue weighted by atomic mass is 10.2. The van der Waals surface area contributed by atoms with Gasteiger partial charge >= 0.3 is 6.03 Å². The Morgan fingerprint density at radius 3 is 2.62 bits per heavy atom. The molecule has 0 spiro atoms. The lowest BCUT2D eigenvalue weighted by Crippen LogP contribution is -2.50. The van der Waals surface area contributed by atoms with E-state index in [1.807, 2.05) is 0 Å². The fourth-order valence-corrected chi connectivity index (χ4v) is 2.54. The highest BCUT2D eigenvalue weighted by Gasteiger charge is 2.32. The highest BCUT2D eigenvalue weighted by molar-refractivity contribution is 5.74. The van der Waals surface area contributed by atoms with Gasteiger partial charge in [-0.15, -0.1) is 0 Å². The van der Waals surface area contributed by atoms with Crippen LogP contribution in [0.25, 0.3) is 0 Å². The van der Waals surface area contributed by atoms with E-state index in [0.717, 1.165) is 12.8 Å². The first-order chi connectivity index (χ1) is 7.68. The second-order valence-electron chi connectivity index (χ2n) is 4.83. The van der Waals surface area contributed by atoms with E-state index in [2.05, 4.69) is 10.6 Å². The third-order valence-corrected chi connectivity index (χ3v) is 3.65. The van der Waals surface area contributed by atoms with E-state index < -0.39 is 6.10 Å². The molecule has 0 bridgehead atoms. The number of carbonyl (C=O) groups is 1. The highest BCUT2D eigenvalue weighted by atomic mass is 16.3. The van der Waals surface area contributed by atoms with Crippen LogP contribution in [0.2, 0.25) is 0 Å². The van der Waals surface area contributed by atoms with Gasteiger partial charge in [-0.3, -0.25) is 0 Å². The summed E-state index contributed by atoms with van der Waals surface area (Å²) < 4.78 is 0. The number of amides is 2. The Morgan fingerprint density at radius 1 is 1.38 bits per heavy atom. The van der Waals surface area contributed by atoms with Gasteiger partial charge in [0.15, 0.2) is 0 Å². The van der Waals surface area contributed by atoms with Crippen molar-refractivity contribution in [1.82, 2.24) is 15.5 Å². The number of hydrogen-bond acceptors (Lipinski definition) is 3. The van der Waals surface area contributed by atoms with Crippen molar-refractivity contribution < 1.29 is 9.90 Å². The Labute approximate surface area is 96.2 Å². The second kappa shape index (κ2) is 5.01. The summed E-state index contributed by atoms with van der Waals surface area (Å²) in [6.45, 7) is 1.25. The van der Waals surface area contributed by atoms with E-state index in [-0.39, 0.29) is 12.1 Å². The zero-order valence-electron chi connectivity index (χ0n) is 9.78. The quantitative estimate of drug-likeness (QED) is 0.617. The minimum Gasteiger partial charge on any atom is -0.390 e. The molecule has 1 aliphatic carbocycles. The van der Waals surface area contributed by atoms with Gasteiger partial charge in [0.25, 0.3) is 0 Å². The maximum atomic E-state index is 11.9. The van der Waals surface area contributed by atoms with Crippen molar-refractivity contribution in [3.05, 3.63) is 0 Å². The minimum atomic E-state index is -0.445. The molecule has 3 N–H and O–H groups in total. The van der Waals surface area contributed by atoms with Crippen LogP contribution in [0.3, 0.4) is 0 Å². The molecule has 5 nitrogen and oxygen atoms in total. The molecule has 0 aromatic rings. The average molecular weight is 227 g/mol. The Bertz CT molecular complexity index is 254. The van der Waals surface area contributed by atoms with Crippen molar-refractivity contribution in [3.63, 3.8) is 0 Å². The van der Waals surface area contributed by atoms with Gasteiger partial charge in [-0.2, -0.15) is 0 Å². The molecule has 1 heterocycles. The molecule has 0 aromatic carbocycles. The first-order valence-corrected chi connectivity index (χ1v) is 6.10. The standard InChI is InChI=1S/C11H21N3O2/c1-14(9-6-12-7-10(9)15)11(16)13-8-4-2-3-5-8/h8-10,12,15H,2-7H2,1H3,(H,13,16)/t9-,10-/m1/s1. The van der Waals surface area contributed by atoms with Crippen LogP contribution in [0.4, 0.5) is 4.79 Å². The van der Waals surface area contributed by atoms with Crippen LogP contribution >= 0.6 is 0 Å². The Kier molecular flexibility index (Phi) is 3.66. The van der Waals surface area contributed by atoms with Crippen LogP contribution < -0.4 is 10.6 Å². The summed E-state index contributed by atoms with van der Waals surface area (Å²) in [6.07, 6.45) is 4.15. The van der Waals surface area contributed by atoms with Crippen LogP contribution in [0.1, 0.15) is 25.7 Å². The first kappa shape index (κ1) is 11.7. The van der Waals surface area contributed by atoms with Gasteiger partial charge in [-0.05, 0) is 12.8 Å². The van der Waals surface area contributed by atoms with E-state index in [1.165, 1.54) is 12.8 Å². The van der Waals surface area contributed by atoms with Crippen LogP contribution in [-0.2, 0) is 0 Å². The zero-order valence-corrected chi connectivity index (χ0v) is 9.78. The van der Waals surface area contributed by atoms with Gasteiger partial charge < -0.3 is 20.6 Å². The molecular weight excluding hydrogens is 206 g/mol. The fraction of sp³-hybridized carbons (Fsp3) is 0.909. The Morgan fingerprint density at radius 2 is 2.06 bits per heavy atom. The molecule has 0 radical (unpaired) electrons. The number of likely N-dealkylation sites (N-methyl/N-ethyl adjacent to an activating group) is 1. The largest absolute Gasteiger partial charge is 0.390 e. The van der Waals surface area contributed by atoms with Crippen molar-refractivity contribution in [2.75, 3.05) is 20.1 Å². The van der Waals surface area contributed by atoms with Crippen LogP contribution in [-0.4, -0.2) is 54.4 Å². The highest BCUT2D eigenvalue weighted by Crippen LogP contribution is 2.18. The van der Waals surface area contributed by atoms with Gasteiger partial charge in [-0.25, -0.2) is 4.79 Å². The molecule has 5 heteroatoms. The SMILES string of the molecule is CN(C(=O)NC1CCCC1)[C@@H]1CNC[C@H]1O. The summed E-state index contributed by atoms with van der Waals surface area (Å²) in [5.41, 5.74) is 0. The number of nitrogens with zero attached hydrogens (tertiary/aromatic N) is 1. The molecule has 0 unspecified atom stereocenters. The molecule has 2 fully saturated rings. The number of hydrogen-bond donors (Lipinski definition) is 3. The monoisotopic (exact) mass is 227 g/mol. The predicted molar refractivity (Wildman–Crippen MR) is 61.2 cm³/mol. The molecule has 92 valence electrons. The summed E-state index contributed by atoms with van der Waals surface area (Å²) in [6, 6.07) is 0.183. The number of carbonyl (C=O) groups excluding carboxylic acids is 1. The van der Waals surface area contributed by atoms with Gasteiger partial charge in [0, 0.05) is 26.2 Å². The normalized spacial score (nSPS) is 30.6. The van der Waals surface area contributed by atoms with Crippen LogP contribution in [0, 0.1) is 0 Å². The summed E-state index contributed by atoms with van der Waals surface area (Å²) in [5, 5.41) is 15.8.